The summed E-state index contributed by atoms with van der Waals surface area (Å²) in [5.41, 5.74) is 0.913. The lowest BCUT2D eigenvalue weighted by atomic mass is 10.1. The van der Waals surface area contributed by atoms with Crippen molar-refractivity contribution in [2.24, 2.45) is 5.92 Å². The van der Waals surface area contributed by atoms with E-state index in [0.717, 1.165) is 31.2 Å². The lowest BCUT2D eigenvalue weighted by Gasteiger charge is -2.21. The molecule has 0 aromatic heterocycles. The highest BCUT2D eigenvalue weighted by Crippen LogP contribution is 2.24. The van der Waals surface area contributed by atoms with Crippen LogP contribution in [0.25, 0.3) is 0 Å². The van der Waals surface area contributed by atoms with E-state index in [2.05, 4.69) is 5.32 Å². The molecule has 0 bridgehead atoms. The summed E-state index contributed by atoms with van der Waals surface area (Å²) < 4.78 is 5.09. The second-order valence-corrected chi connectivity index (χ2v) is 7.17. The van der Waals surface area contributed by atoms with E-state index < -0.39 is 5.97 Å². The van der Waals surface area contributed by atoms with Gasteiger partial charge >= 0.3 is 5.97 Å². The maximum atomic E-state index is 12.4. The van der Waals surface area contributed by atoms with E-state index in [4.69, 9.17) is 9.84 Å². The predicted molar refractivity (Wildman–Crippen MR) is 100 cm³/mol. The van der Waals surface area contributed by atoms with Crippen molar-refractivity contribution in [3.05, 3.63) is 29.8 Å². The summed E-state index contributed by atoms with van der Waals surface area (Å²) in [6.07, 6.45) is 4.36. The smallest absolute Gasteiger partial charge is 0.341 e. The molecule has 2 N–H and O–H groups in total. The van der Waals surface area contributed by atoms with E-state index in [1.54, 1.807) is 36.2 Å². The van der Waals surface area contributed by atoms with Crippen LogP contribution >= 0.6 is 0 Å². The molecule has 1 unspecified atom stereocenters. The first-order chi connectivity index (χ1) is 12.8. The molecule has 1 fully saturated rings. The number of hydrogen-bond donors (Lipinski definition) is 2. The van der Waals surface area contributed by atoms with Crippen molar-refractivity contribution in [2.75, 3.05) is 13.7 Å². The van der Waals surface area contributed by atoms with Gasteiger partial charge in [0.25, 0.3) is 0 Å². The van der Waals surface area contributed by atoms with Crippen LogP contribution in [0.15, 0.2) is 24.3 Å². The number of rotatable bonds is 9. The van der Waals surface area contributed by atoms with Crippen LogP contribution in [0.2, 0.25) is 0 Å². The molecule has 0 saturated heterocycles. The van der Waals surface area contributed by atoms with E-state index in [1.165, 1.54) is 0 Å². The van der Waals surface area contributed by atoms with Gasteiger partial charge in [0.1, 0.15) is 5.75 Å². The Hall–Kier alpha value is -2.57. The highest BCUT2D eigenvalue weighted by Gasteiger charge is 2.24. The molecule has 1 aliphatic rings. The molecule has 0 radical (unpaired) electrons. The van der Waals surface area contributed by atoms with Gasteiger partial charge in [-0.2, -0.15) is 0 Å². The molecular weight excluding hydrogens is 348 g/mol. The number of carbonyl (C=O) groups excluding carboxylic acids is 2. The van der Waals surface area contributed by atoms with Crippen LogP contribution in [0.3, 0.4) is 0 Å². The fourth-order valence-corrected chi connectivity index (χ4v) is 3.22. The van der Waals surface area contributed by atoms with Crippen LogP contribution in [-0.4, -0.2) is 47.5 Å². The van der Waals surface area contributed by atoms with E-state index in [1.807, 2.05) is 6.92 Å². The van der Waals surface area contributed by atoms with Gasteiger partial charge in [-0.3, -0.25) is 9.59 Å². The maximum absolute atomic E-state index is 12.4. The summed E-state index contributed by atoms with van der Waals surface area (Å²) in [7, 11) is 1.72. The molecule has 7 heteroatoms. The molecule has 2 rings (SSSR count). The SMILES string of the molecule is CC(CC(=O)N(C)Cc1ccc(OCC(=O)O)cc1)NC(=O)C1CCCC1. The van der Waals surface area contributed by atoms with Gasteiger partial charge in [0.05, 0.1) is 0 Å². The number of benzene rings is 1. The summed E-state index contributed by atoms with van der Waals surface area (Å²) in [5, 5.41) is 11.6. The third-order valence-electron chi connectivity index (χ3n) is 4.73. The zero-order valence-corrected chi connectivity index (χ0v) is 15.9. The van der Waals surface area contributed by atoms with Gasteiger partial charge in [0.15, 0.2) is 6.61 Å². The summed E-state index contributed by atoms with van der Waals surface area (Å²) >= 11 is 0. The highest BCUT2D eigenvalue weighted by atomic mass is 16.5. The first kappa shape index (κ1) is 20.7. The van der Waals surface area contributed by atoms with Crippen molar-refractivity contribution in [3.63, 3.8) is 0 Å². The van der Waals surface area contributed by atoms with Crippen LogP contribution in [0.5, 0.6) is 5.75 Å². The molecule has 1 aliphatic carbocycles. The number of carboxylic acid groups (broad SMARTS) is 1. The minimum Gasteiger partial charge on any atom is -0.482 e. The minimum atomic E-state index is -1.03. The lowest BCUT2D eigenvalue weighted by molar-refractivity contribution is -0.139. The van der Waals surface area contributed by atoms with Gasteiger partial charge in [-0.15, -0.1) is 0 Å². The Kier molecular flexibility index (Phi) is 7.64. The van der Waals surface area contributed by atoms with Gasteiger partial charge in [-0.1, -0.05) is 25.0 Å². The van der Waals surface area contributed by atoms with E-state index in [9.17, 15) is 14.4 Å². The number of amides is 2. The van der Waals surface area contributed by atoms with Gasteiger partial charge in [-0.05, 0) is 37.5 Å². The van der Waals surface area contributed by atoms with Crippen LogP contribution in [0.1, 0.15) is 44.6 Å². The number of aliphatic carboxylic acids is 1. The van der Waals surface area contributed by atoms with Crippen LogP contribution in [0, 0.1) is 5.92 Å². The van der Waals surface area contributed by atoms with Crippen LogP contribution < -0.4 is 10.1 Å². The quantitative estimate of drug-likeness (QED) is 0.689. The number of ether oxygens (including phenoxy) is 1. The molecule has 0 aliphatic heterocycles. The number of nitrogens with zero attached hydrogens (tertiary/aromatic N) is 1. The number of nitrogens with one attached hydrogen (secondary N) is 1. The van der Waals surface area contributed by atoms with Gasteiger partial charge in [0.2, 0.25) is 11.8 Å². The number of carbonyl (C=O) groups is 3. The molecule has 148 valence electrons. The summed E-state index contributed by atoms with van der Waals surface area (Å²) in [4.78, 5) is 36.6. The Bertz CT molecular complexity index is 653. The zero-order chi connectivity index (χ0) is 19.8. The monoisotopic (exact) mass is 376 g/mol. The van der Waals surface area contributed by atoms with Crippen molar-refractivity contribution in [3.8, 4) is 5.75 Å². The Balaban J connectivity index is 1.77. The Morgan fingerprint density at radius 1 is 1.22 bits per heavy atom. The third kappa shape index (κ3) is 6.92. The molecule has 1 saturated carbocycles. The average Bonchev–Trinajstić information content (AvgIpc) is 3.15. The average molecular weight is 376 g/mol. The van der Waals surface area contributed by atoms with Gasteiger partial charge < -0.3 is 20.1 Å². The van der Waals surface area contributed by atoms with E-state index in [-0.39, 0.29) is 36.8 Å². The van der Waals surface area contributed by atoms with Crippen molar-refractivity contribution in [2.45, 2.75) is 51.6 Å². The first-order valence-electron chi connectivity index (χ1n) is 9.33. The summed E-state index contributed by atoms with van der Waals surface area (Å²) in [6.45, 7) is 1.90. The first-order valence-corrected chi connectivity index (χ1v) is 9.33. The molecular formula is C20H28N2O5. The standard InChI is InChI=1S/C20H28N2O5/c1-14(21-20(26)16-5-3-4-6-16)11-18(23)22(2)12-15-7-9-17(10-8-15)27-13-19(24)25/h7-10,14,16H,3-6,11-13H2,1-2H3,(H,21,26)(H,24,25). The molecule has 7 nitrogen and oxygen atoms in total. The zero-order valence-electron chi connectivity index (χ0n) is 15.9. The second-order valence-electron chi connectivity index (χ2n) is 7.17. The van der Waals surface area contributed by atoms with Crippen LogP contribution in [-0.2, 0) is 20.9 Å². The molecule has 1 aromatic carbocycles. The third-order valence-corrected chi connectivity index (χ3v) is 4.73. The molecule has 2 amide bonds. The maximum Gasteiger partial charge on any atom is 0.341 e. The topological polar surface area (TPSA) is 95.9 Å². The number of carboxylic acids is 1. The largest absolute Gasteiger partial charge is 0.482 e. The number of hydrogen-bond acceptors (Lipinski definition) is 4. The fraction of sp³-hybridized carbons (Fsp3) is 0.550. The second kappa shape index (κ2) is 9.94. The Morgan fingerprint density at radius 2 is 1.85 bits per heavy atom. The van der Waals surface area contributed by atoms with Crippen molar-refractivity contribution in [1.82, 2.24) is 10.2 Å². The molecule has 1 atom stereocenters. The van der Waals surface area contributed by atoms with Crippen LogP contribution in [0.4, 0.5) is 0 Å². The fourth-order valence-electron chi connectivity index (χ4n) is 3.22. The molecule has 27 heavy (non-hydrogen) atoms. The van der Waals surface area contributed by atoms with E-state index in [0.29, 0.717) is 12.3 Å². The highest BCUT2D eigenvalue weighted by molar-refractivity contribution is 5.81. The summed E-state index contributed by atoms with van der Waals surface area (Å²) in [6, 6.07) is 6.76. The predicted octanol–water partition coefficient (Wildman–Crippen LogP) is 2.19. The normalized spacial score (nSPS) is 15.2. The molecule has 0 heterocycles. The van der Waals surface area contributed by atoms with Gasteiger partial charge in [0, 0.05) is 32.0 Å². The van der Waals surface area contributed by atoms with Crippen molar-refractivity contribution in [1.29, 1.82) is 0 Å². The van der Waals surface area contributed by atoms with E-state index >= 15 is 0 Å². The summed E-state index contributed by atoms with van der Waals surface area (Å²) in [5.74, 6) is -0.438. The lowest BCUT2D eigenvalue weighted by Crippen LogP contribution is -2.40. The minimum absolute atomic E-state index is 0.0413. The molecule has 1 aromatic rings. The molecule has 0 spiro atoms. The van der Waals surface area contributed by atoms with Crippen molar-refractivity contribution < 1.29 is 24.2 Å². The Labute approximate surface area is 159 Å². The Morgan fingerprint density at radius 3 is 2.44 bits per heavy atom. The van der Waals surface area contributed by atoms with Crippen molar-refractivity contribution >= 4 is 17.8 Å². The van der Waals surface area contributed by atoms with Gasteiger partial charge in [-0.25, -0.2) is 4.79 Å².